The first-order valence-corrected chi connectivity index (χ1v) is 9.40. The van der Waals surface area contributed by atoms with Gasteiger partial charge in [-0.05, 0) is 68.0 Å². The fourth-order valence-electron chi connectivity index (χ4n) is 4.01. The molecule has 136 valence electrons. The van der Waals surface area contributed by atoms with Gasteiger partial charge >= 0.3 is 0 Å². The highest BCUT2D eigenvalue weighted by Gasteiger charge is 2.35. The Hall–Kier alpha value is -2.33. The molecule has 4 nitrogen and oxygen atoms in total. The Kier molecular flexibility index (Phi) is 4.45. The molecule has 2 aromatic rings. The van der Waals surface area contributed by atoms with Gasteiger partial charge in [0.1, 0.15) is 6.17 Å². The molecule has 0 aromatic heterocycles. The van der Waals surface area contributed by atoms with E-state index in [4.69, 9.17) is 4.74 Å². The highest BCUT2D eigenvalue weighted by molar-refractivity contribution is 6.01. The molecule has 1 amide bonds. The van der Waals surface area contributed by atoms with Gasteiger partial charge in [-0.15, -0.1) is 0 Å². The maximum Gasteiger partial charge on any atom is 0.257 e. The number of carbonyl (C=O) groups excluding carboxylic acids is 1. The zero-order valence-corrected chi connectivity index (χ0v) is 15.7. The average Bonchev–Trinajstić information content (AvgIpc) is 3.14. The number of fused-ring (bicyclic) bond motifs is 1. The van der Waals surface area contributed by atoms with Crippen molar-refractivity contribution in [3.8, 4) is 0 Å². The third-order valence-corrected chi connectivity index (χ3v) is 5.62. The number of aryl methyl sites for hydroxylation is 3. The van der Waals surface area contributed by atoms with Gasteiger partial charge in [0.2, 0.25) is 0 Å². The van der Waals surface area contributed by atoms with Gasteiger partial charge in [0, 0.05) is 18.8 Å². The lowest BCUT2D eigenvalue weighted by Crippen LogP contribution is -2.46. The molecule has 2 heterocycles. The van der Waals surface area contributed by atoms with Crippen LogP contribution in [0.5, 0.6) is 0 Å². The van der Waals surface area contributed by atoms with Crippen LogP contribution in [-0.4, -0.2) is 30.1 Å². The summed E-state index contributed by atoms with van der Waals surface area (Å²) in [6, 6.07) is 12.2. The molecule has 1 saturated heterocycles. The second-order valence-corrected chi connectivity index (χ2v) is 7.48. The van der Waals surface area contributed by atoms with Crippen molar-refractivity contribution >= 4 is 11.6 Å². The number of ether oxygens (including phenoxy) is 1. The van der Waals surface area contributed by atoms with E-state index in [1.165, 1.54) is 16.7 Å². The highest BCUT2D eigenvalue weighted by atomic mass is 16.5. The number of rotatable bonds is 3. The lowest BCUT2D eigenvalue weighted by Gasteiger charge is -2.40. The number of hydrogen-bond acceptors (Lipinski definition) is 3. The summed E-state index contributed by atoms with van der Waals surface area (Å²) >= 11 is 0. The molecule has 2 aromatic carbocycles. The number of para-hydroxylation sites is 1. The normalized spacial score (nSPS) is 22.3. The van der Waals surface area contributed by atoms with Crippen molar-refractivity contribution in [2.24, 2.45) is 0 Å². The second-order valence-electron chi connectivity index (χ2n) is 7.48. The van der Waals surface area contributed by atoms with Crippen molar-refractivity contribution in [2.75, 3.05) is 18.5 Å². The molecule has 1 N–H and O–H groups in total. The van der Waals surface area contributed by atoms with Crippen LogP contribution in [0, 0.1) is 20.8 Å². The number of nitrogens with one attached hydrogen (secondary N) is 1. The first-order chi connectivity index (χ1) is 12.5. The lowest BCUT2D eigenvalue weighted by atomic mass is 9.95. The number of anilines is 1. The predicted octanol–water partition coefficient (Wildman–Crippen LogP) is 4.36. The summed E-state index contributed by atoms with van der Waals surface area (Å²) in [5.41, 5.74) is 6.53. The Bertz CT molecular complexity index is 840. The van der Waals surface area contributed by atoms with Crippen molar-refractivity contribution in [3.63, 3.8) is 0 Å². The van der Waals surface area contributed by atoms with Crippen LogP contribution in [0.25, 0.3) is 0 Å². The van der Waals surface area contributed by atoms with Crippen molar-refractivity contribution in [2.45, 2.75) is 45.9 Å². The molecule has 0 saturated carbocycles. The van der Waals surface area contributed by atoms with Crippen LogP contribution >= 0.6 is 0 Å². The summed E-state index contributed by atoms with van der Waals surface area (Å²) in [5, 5.41) is 3.60. The molecule has 1 fully saturated rings. The van der Waals surface area contributed by atoms with E-state index >= 15 is 0 Å². The molecule has 0 unspecified atom stereocenters. The standard InChI is InChI=1S/C22H26N2O2/c1-14-11-16(3)19(12-15(14)2)21-23-20-9-5-4-8-18(20)22(25)24(21)13-17-7-6-10-26-17/h4-5,8-9,11-12,17,21,23H,6-7,10,13H2,1-3H3/t17-,21+/m1/s1. The van der Waals surface area contributed by atoms with E-state index in [0.29, 0.717) is 6.54 Å². The van der Waals surface area contributed by atoms with Crippen molar-refractivity contribution in [3.05, 3.63) is 64.2 Å². The quantitative estimate of drug-likeness (QED) is 0.894. The van der Waals surface area contributed by atoms with E-state index in [1.54, 1.807) is 0 Å². The zero-order valence-electron chi connectivity index (χ0n) is 15.7. The predicted molar refractivity (Wildman–Crippen MR) is 103 cm³/mol. The Labute approximate surface area is 155 Å². The van der Waals surface area contributed by atoms with Gasteiger partial charge in [0.05, 0.1) is 11.7 Å². The summed E-state index contributed by atoms with van der Waals surface area (Å²) in [5.74, 6) is 0.0810. The van der Waals surface area contributed by atoms with Gasteiger partial charge in [0.25, 0.3) is 5.91 Å². The van der Waals surface area contributed by atoms with Gasteiger partial charge < -0.3 is 15.0 Å². The molecule has 2 atom stereocenters. The molecule has 2 aliphatic rings. The highest BCUT2D eigenvalue weighted by Crippen LogP contribution is 2.36. The minimum Gasteiger partial charge on any atom is -0.376 e. The van der Waals surface area contributed by atoms with Crippen LogP contribution in [0.15, 0.2) is 36.4 Å². The number of carbonyl (C=O) groups is 1. The lowest BCUT2D eigenvalue weighted by molar-refractivity contribution is 0.0426. The Morgan fingerprint density at radius 2 is 1.88 bits per heavy atom. The minimum absolute atomic E-state index is 0.0810. The molecule has 26 heavy (non-hydrogen) atoms. The molecule has 4 rings (SSSR count). The Balaban J connectivity index is 1.76. The van der Waals surface area contributed by atoms with Crippen LogP contribution < -0.4 is 5.32 Å². The Morgan fingerprint density at radius 1 is 1.12 bits per heavy atom. The Morgan fingerprint density at radius 3 is 2.65 bits per heavy atom. The van der Waals surface area contributed by atoms with E-state index in [1.807, 2.05) is 29.2 Å². The molecule has 0 radical (unpaired) electrons. The monoisotopic (exact) mass is 350 g/mol. The number of amides is 1. The van der Waals surface area contributed by atoms with Crippen molar-refractivity contribution in [1.29, 1.82) is 0 Å². The summed E-state index contributed by atoms with van der Waals surface area (Å²) < 4.78 is 5.83. The first-order valence-electron chi connectivity index (χ1n) is 9.40. The van der Waals surface area contributed by atoms with Crippen molar-refractivity contribution in [1.82, 2.24) is 4.90 Å². The number of hydrogen-bond donors (Lipinski definition) is 1. The molecule has 0 bridgehead atoms. The van der Waals surface area contributed by atoms with E-state index in [0.717, 1.165) is 36.3 Å². The van der Waals surface area contributed by atoms with Gasteiger partial charge in [-0.1, -0.05) is 24.3 Å². The van der Waals surface area contributed by atoms with Crippen LogP contribution in [0.2, 0.25) is 0 Å². The SMILES string of the molecule is Cc1cc(C)c([C@H]2Nc3ccccc3C(=O)N2C[C@H]2CCCO2)cc1C. The van der Waals surface area contributed by atoms with Crippen LogP contribution in [-0.2, 0) is 4.74 Å². The van der Waals surface area contributed by atoms with E-state index < -0.39 is 0 Å². The second kappa shape index (κ2) is 6.76. The third-order valence-electron chi connectivity index (χ3n) is 5.62. The van der Waals surface area contributed by atoms with Crippen LogP contribution in [0.3, 0.4) is 0 Å². The molecule has 0 spiro atoms. The molecule has 2 aliphatic heterocycles. The summed E-state index contributed by atoms with van der Waals surface area (Å²) in [6.45, 7) is 7.80. The largest absolute Gasteiger partial charge is 0.376 e. The fraction of sp³-hybridized carbons (Fsp3) is 0.409. The van der Waals surface area contributed by atoms with E-state index in [9.17, 15) is 4.79 Å². The van der Waals surface area contributed by atoms with Crippen LogP contribution in [0.1, 0.15) is 51.6 Å². The third kappa shape index (κ3) is 2.99. The summed E-state index contributed by atoms with van der Waals surface area (Å²) in [7, 11) is 0. The van der Waals surface area contributed by atoms with E-state index in [-0.39, 0.29) is 18.2 Å². The maximum atomic E-state index is 13.3. The van der Waals surface area contributed by atoms with Gasteiger partial charge in [-0.3, -0.25) is 4.79 Å². The number of nitrogens with zero attached hydrogens (tertiary/aromatic N) is 1. The van der Waals surface area contributed by atoms with E-state index in [2.05, 4.69) is 38.2 Å². The molecule has 4 heteroatoms. The summed E-state index contributed by atoms with van der Waals surface area (Å²) in [6.07, 6.45) is 2.05. The van der Waals surface area contributed by atoms with Crippen LogP contribution in [0.4, 0.5) is 5.69 Å². The number of benzene rings is 2. The molecular formula is C22H26N2O2. The fourth-order valence-corrected chi connectivity index (χ4v) is 4.01. The van der Waals surface area contributed by atoms with Gasteiger partial charge in [-0.25, -0.2) is 0 Å². The van der Waals surface area contributed by atoms with Gasteiger partial charge in [-0.2, -0.15) is 0 Å². The van der Waals surface area contributed by atoms with Gasteiger partial charge in [0.15, 0.2) is 0 Å². The van der Waals surface area contributed by atoms with Crippen molar-refractivity contribution < 1.29 is 9.53 Å². The molecule has 0 aliphatic carbocycles. The smallest absolute Gasteiger partial charge is 0.257 e. The zero-order chi connectivity index (χ0) is 18.3. The molecular weight excluding hydrogens is 324 g/mol. The minimum atomic E-state index is -0.166. The topological polar surface area (TPSA) is 41.6 Å². The average molecular weight is 350 g/mol. The maximum absolute atomic E-state index is 13.3. The summed E-state index contributed by atoms with van der Waals surface area (Å²) in [4.78, 5) is 15.2. The first kappa shape index (κ1) is 17.1.